The number of nitrogen functional groups attached to an aromatic ring is 1. The molecule has 1 amide bonds. The standard InChI is InChI=1S/C21H28N6O4/c1-29-16-3-7-23-15(20(16)30-2)12-27-13-21(31-10-4-19(27)28)5-8-26(9-6-21)18-11-17(22)24-14-25-18/h3,7,11,14H,4-6,8-10,12-13H2,1-2H3,(H2,22,24,25). The Kier molecular flexibility index (Phi) is 6.08. The quantitative estimate of drug-likeness (QED) is 0.751. The zero-order valence-corrected chi connectivity index (χ0v) is 17.9. The van der Waals surface area contributed by atoms with Gasteiger partial charge in [0, 0.05) is 31.4 Å². The summed E-state index contributed by atoms with van der Waals surface area (Å²) in [6, 6.07) is 3.52. The number of methoxy groups -OCH3 is 2. The molecule has 0 aromatic carbocycles. The SMILES string of the molecule is COc1ccnc(CN2CC3(CCN(c4cc(N)ncn4)CC3)OCCC2=O)c1OC. The Labute approximate surface area is 181 Å². The number of amides is 1. The number of carbonyl (C=O) groups excluding carboxylic acids is 1. The van der Waals surface area contributed by atoms with E-state index in [0.29, 0.717) is 49.1 Å². The van der Waals surface area contributed by atoms with Gasteiger partial charge in [-0.3, -0.25) is 9.78 Å². The molecule has 0 radical (unpaired) electrons. The number of aromatic nitrogens is 3. The average Bonchev–Trinajstić information content (AvgIpc) is 2.92. The van der Waals surface area contributed by atoms with E-state index in [9.17, 15) is 4.79 Å². The van der Waals surface area contributed by atoms with Crippen molar-refractivity contribution >= 4 is 17.5 Å². The zero-order chi connectivity index (χ0) is 21.8. The van der Waals surface area contributed by atoms with Crippen molar-refractivity contribution in [3.63, 3.8) is 0 Å². The largest absolute Gasteiger partial charge is 0.493 e. The van der Waals surface area contributed by atoms with E-state index in [1.807, 2.05) is 4.90 Å². The van der Waals surface area contributed by atoms with Crippen LogP contribution in [0.5, 0.6) is 11.5 Å². The number of nitrogens with two attached hydrogens (primary N) is 1. The van der Waals surface area contributed by atoms with Crippen LogP contribution < -0.4 is 20.1 Å². The lowest BCUT2D eigenvalue weighted by molar-refractivity contribution is -0.132. The molecule has 2 N–H and O–H groups in total. The Morgan fingerprint density at radius 2 is 2.00 bits per heavy atom. The van der Waals surface area contributed by atoms with Crippen LogP contribution in [0.25, 0.3) is 0 Å². The number of anilines is 2. The fourth-order valence-electron chi connectivity index (χ4n) is 4.26. The van der Waals surface area contributed by atoms with Crippen molar-refractivity contribution in [3.8, 4) is 11.5 Å². The Balaban J connectivity index is 1.49. The first-order valence-electron chi connectivity index (χ1n) is 10.3. The molecule has 2 aliphatic heterocycles. The van der Waals surface area contributed by atoms with Crippen LogP contribution in [0.3, 0.4) is 0 Å². The number of hydrogen-bond donors (Lipinski definition) is 1. The van der Waals surface area contributed by atoms with Gasteiger partial charge in [0.05, 0.1) is 45.9 Å². The molecule has 0 saturated carbocycles. The van der Waals surface area contributed by atoms with Gasteiger partial charge in [-0.1, -0.05) is 0 Å². The van der Waals surface area contributed by atoms with Gasteiger partial charge < -0.3 is 29.7 Å². The maximum absolute atomic E-state index is 12.8. The van der Waals surface area contributed by atoms with E-state index < -0.39 is 5.60 Å². The van der Waals surface area contributed by atoms with E-state index in [1.165, 1.54) is 6.33 Å². The Bertz CT molecular complexity index is 932. The zero-order valence-electron chi connectivity index (χ0n) is 17.9. The number of piperidine rings is 1. The number of pyridine rings is 1. The minimum absolute atomic E-state index is 0.0505. The van der Waals surface area contributed by atoms with Crippen LogP contribution in [-0.4, -0.2) is 71.8 Å². The van der Waals surface area contributed by atoms with Gasteiger partial charge in [-0.15, -0.1) is 0 Å². The summed E-state index contributed by atoms with van der Waals surface area (Å²) in [6.45, 7) is 2.79. The summed E-state index contributed by atoms with van der Waals surface area (Å²) in [7, 11) is 3.16. The predicted molar refractivity (Wildman–Crippen MR) is 114 cm³/mol. The van der Waals surface area contributed by atoms with Crippen LogP contribution in [0.15, 0.2) is 24.7 Å². The van der Waals surface area contributed by atoms with Crippen molar-refractivity contribution in [1.29, 1.82) is 0 Å². The van der Waals surface area contributed by atoms with Crippen molar-refractivity contribution in [1.82, 2.24) is 19.9 Å². The summed E-state index contributed by atoms with van der Waals surface area (Å²) in [5.41, 5.74) is 6.07. The van der Waals surface area contributed by atoms with Crippen molar-refractivity contribution in [2.24, 2.45) is 0 Å². The number of nitrogens with zero attached hydrogens (tertiary/aromatic N) is 5. The van der Waals surface area contributed by atoms with Crippen LogP contribution in [0, 0.1) is 0 Å². The van der Waals surface area contributed by atoms with Crippen LogP contribution in [0.4, 0.5) is 11.6 Å². The third-order valence-electron chi connectivity index (χ3n) is 5.94. The first kappa shape index (κ1) is 21.1. The van der Waals surface area contributed by atoms with Crippen molar-refractivity contribution in [3.05, 3.63) is 30.4 Å². The highest BCUT2D eigenvalue weighted by Gasteiger charge is 2.41. The molecule has 0 bridgehead atoms. The molecule has 1 spiro atoms. The molecule has 2 aromatic rings. The lowest BCUT2D eigenvalue weighted by Gasteiger charge is -2.43. The Morgan fingerprint density at radius 3 is 2.71 bits per heavy atom. The van der Waals surface area contributed by atoms with Gasteiger partial charge in [0.15, 0.2) is 11.5 Å². The highest BCUT2D eigenvalue weighted by Crippen LogP contribution is 2.34. The molecular weight excluding hydrogens is 400 g/mol. The molecule has 31 heavy (non-hydrogen) atoms. The third-order valence-corrected chi connectivity index (χ3v) is 5.94. The van der Waals surface area contributed by atoms with Gasteiger partial charge >= 0.3 is 0 Å². The van der Waals surface area contributed by atoms with Crippen molar-refractivity contribution in [2.45, 2.75) is 31.4 Å². The highest BCUT2D eigenvalue weighted by atomic mass is 16.5. The molecule has 2 aliphatic rings. The summed E-state index contributed by atoms with van der Waals surface area (Å²) >= 11 is 0. The Morgan fingerprint density at radius 1 is 1.19 bits per heavy atom. The van der Waals surface area contributed by atoms with Crippen LogP contribution in [0.1, 0.15) is 25.0 Å². The van der Waals surface area contributed by atoms with E-state index in [-0.39, 0.29) is 5.91 Å². The number of ether oxygens (including phenoxy) is 3. The van der Waals surface area contributed by atoms with E-state index in [0.717, 1.165) is 31.7 Å². The average molecular weight is 428 g/mol. The molecule has 4 heterocycles. The predicted octanol–water partition coefficient (Wildman–Crippen LogP) is 1.26. The summed E-state index contributed by atoms with van der Waals surface area (Å²) in [5, 5.41) is 0. The first-order chi connectivity index (χ1) is 15.0. The molecule has 10 heteroatoms. The molecule has 2 aromatic heterocycles. The number of rotatable bonds is 5. The molecule has 0 unspecified atom stereocenters. The number of hydrogen-bond acceptors (Lipinski definition) is 9. The van der Waals surface area contributed by atoms with E-state index in [2.05, 4.69) is 19.9 Å². The van der Waals surface area contributed by atoms with E-state index in [1.54, 1.807) is 32.5 Å². The topological polar surface area (TPSA) is 116 Å². The van der Waals surface area contributed by atoms with Crippen molar-refractivity contribution in [2.75, 3.05) is 51.1 Å². The molecular formula is C21H28N6O4. The van der Waals surface area contributed by atoms with E-state index >= 15 is 0 Å². The third kappa shape index (κ3) is 4.48. The molecule has 166 valence electrons. The van der Waals surface area contributed by atoms with Gasteiger partial charge in [0.25, 0.3) is 0 Å². The maximum Gasteiger partial charge on any atom is 0.225 e. The van der Waals surface area contributed by atoms with E-state index in [4.69, 9.17) is 19.9 Å². The van der Waals surface area contributed by atoms with Crippen LogP contribution in [-0.2, 0) is 16.1 Å². The normalized spacial score (nSPS) is 18.7. The maximum atomic E-state index is 12.8. The van der Waals surface area contributed by atoms with Crippen molar-refractivity contribution < 1.29 is 19.0 Å². The summed E-state index contributed by atoms with van der Waals surface area (Å²) in [6.07, 6.45) is 5.05. The molecule has 0 aliphatic carbocycles. The first-order valence-corrected chi connectivity index (χ1v) is 10.3. The molecule has 0 atom stereocenters. The fourth-order valence-corrected chi connectivity index (χ4v) is 4.26. The fraction of sp³-hybridized carbons (Fsp3) is 0.524. The highest BCUT2D eigenvalue weighted by molar-refractivity contribution is 5.76. The molecule has 2 fully saturated rings. The second-order valence-electron chi connectivity index (χ2n) is 7.81. The molecule has 2 saturated heterocycles. The van der Waals surface area contributed by atoms with Crippen LogP contribution >= 0.6 is 0 Å². The molecule has 4 rings (SSSR count). The van der Waals surface area contributed by atoms with Gasteiger partial charge in [-0.2, -0.15) is 0 Å². The monoisotopic (exact) mass is 428 g/mol. The lowest BCUT2D eigenvalue weighted by atomic mass is 9.90. The smallest absolute Gasteiger partial charge is 0.225 e. The summed E-state index contributed by atoms with van der Waals surface area (Å²) in [4.78, 5) is 29.6. The summed E-state index contributed by atoms with van der Waals surface area (Å²) < 4.78 is 17.1. The second-order valence-corrected chi connectivity index (χ2v) is 7.81. The van der Waals surface area contributed by atoms with Gasteiger partial charge in [0.2, 0.25) is 5.91 Å². The van der Waals surface area contributed by atoms with Gasteiger partial charge in [0.1, 0.15) is 23.7 Å². The summed E-state index contributed by atoms with van der Waals surface area (Å²) in [5.74, 6) is 2.46. The second kappa shape index (κ2) is 8.93. The Hall–Kier alpha value is -3.14. The number of carbonyl (C=O) groups is 1. The van der Waals surface area contributed by atoms with Gasteiger partial charge in [-0.05, 0) is 12.8 Å². The van der Waals surface area contributed by atoms with Gasteiger partial charge in [-0.25, -0.2) is 9.97 Å². The van der Waals surface area contributed by atoms with Crippen LogP contribution in [0.2, 0.25) is 0 Å². The minimum atomic E-state index is -0.395. The minimum Gasteiger partial charge on any atom is -0.493 e. The molecule has 10 nitrogen and oxygen atoms in total. The lowest BCUT2D eigenvalue weighted by Crippen LogP contribution is -2.52.